The minimum atomic E-state index is 0.0396. The number of hydrogen-bond donors (Lipinski definition) is 1. The van der Waals surface area contributed by atoms with Crippen LogP contribution < -0.4 is 5.73 Å². The van der Waals surface area contributed by atoms with Crippen LogP contribution in [0.5, 0.6) is 0 Å². The second-order valence-corrected chi connectivity index (χ2v) is 4.49. The summed E-state index contributed by atoms with van der Waals surface area (Å²) >= 11 is 0. The number of nitrogens with two attached hydrogens (primary N) is 1. The maximum absolute atomic E-state index is 6.24. The lowest BCUT2D eigenvalue weighted by Gasteiger charge is -2.12. The topological polar surface area (TPSA) is 43.8 Å². The van der Waals surface area contributed by atoms with Crippen molar-refractivity contribution >= 4 is 0 Å². The predicted molar refractivity (Wildman–Crippen MR) is 69.8 cm³/mol. The van der Waals surface area contributed by atoms with Gasteiger partial charge in [0.05, 0.1) is 5.69 Å². The molecule has 17 heavy (non-hydrogen) atoms. The first-order valence-electron chi connectivity index (χ1n) is 5.89. The quantitative estimate of drug-likeness (QED) is 0.877. The number of rotatable bonds is 3. The van der Waals surface area contributed by atoms with Gasteiger partial charge in [-0.1, -0.05) is 30.3 Å². The molecule has 1 heterocycles. The van der Waals surface area contributed by atoms with E-state index >= 15 is 0 Å². The van der Waals surface area contributed by atoms with Gasteiger partial charge in [-0.25, -0.2) is 0 Å². The summed E-state index contributed by atoms with van der Waals surface area (Å²) in [7, 11) is 1.97. The summed E-state index contributed by atoms with van der Waals surface area (Å²) in [5.41, 5.74) is 11.0. The third-order valence-corrected chi connectivity index (χ3v) is 3.31. The summed E-state index contributed by atoms with van der Waals surface area (Å²) in [6.45, 7) is 4.13. The zero-order valence-corrected chi connectivity index (χ0v) is 10.6. The molecule has 0 radical (unpaired) electrons. The van der Waals surface area contributed by atoms with Crippen LogP contribution in [-0.2, 0) is 13.5 Å². The second kappa shape index (κ2) is 4.72. The molecule has 2 aromatic rings. The number of nitrogens with zero attached hydrogens (tertiary/aromatic N) is 2. The van der Waals surface area contributed by atoms with Gasteiger partial charge in [-0.2, -0.15) is 5.10 Å². The lowest BCUT2D eigenvalue weighted by atomic mass is 9.99. The molecule has 1 unspecified atom stereocenters. The van der Waals surface area contributed by atoms with Crippen molar-refractivity contribution in [3.63, 3.8) is 0 Å². The molecule has 0 amide bonds. The lowest BCUT2D eigenvalue weighted by molar-refractivity contribution is 0.707. The minimum absolute atomic E-state index is 0.0396. The normalized spacial score (nSPS) is 12.7. The van der Waals surface area contributed by atoms with Crippen molar-refractivity contribution in [1.29, 1.82) is 0 Å². The Balaban J connectivity index is 2.22. The fourth-order valence-corrected chi connectivity index (χ4v) is 2.15. The van der Waals surface area contributed by atoms with Crippen molar-refractivity contribution in [1.82, 2.24) is 9.78 Å². The van der Waals surface area contributed by atoms with Gasteiger partial charge in [-0.05, 0) is 31.4 Å². The van der Waals surface area contributed by atoms with Gasteiger partial charge in [0.15, 0.2) is 0 Å². The van der Waals surface area contributed by atoms with E-state index in [1.54, 1.807) is 0 Å². The average Bonchev–Trinajstić information content (AvgIpc) is 2.57. The Bertz CT molecular complexity index is 500. The largest absolute Gasteiger partial charge is 0.324 e. The molecule has 0 spiro atoms. The minimum Gasteiger partial charge on any atom is -0.324 e. The van der Waals surface area contributed by atoms with E-state index in [9.17, 15) is 0 Å². The van der Waals surface area contributed by atoms with Gasteiger partial charge < -0.3 is 5.73 Å². The van der Waals surface area contributed by atoms with E-state index in [1.165, 1.54) is 16.8 Å². The Morgan fingerprint density at radius 1 is 1.24 bits per heavy atom. The van der Waals surface area contributed by atoms with E-state index in [0.717, 1.165) is 12.1 Å². The molecule has 2 rings (SSSR count). The molecule has 3 heteroatoms. The lowest BCUT2D eigenvalue weighted by Crippen LogP contribution is -2.14. The monoisotopic (exact) mass is 229 g/mol. The molecule has 0 saturated heterocycles. The fraction of sp³-hybridized carbons (Fsp3) is 0.357. The molecule has 0 saturated carbocycles. The van der Waals surface area contributed by atoms with Crippen LogP contribution >= 0.6 is 0 Å². The smallest absolute Gasteiger partial charge is 0.0629 e. The molecule has 90 valence electrons. The zero-order valence-electron chi connectivity index (χ0n) is 10.6. The zero-order chi connectivity index (χ0) is 12.4. The highest BCUT2D eigenvalue weighted by atomic mass is 15.3. The van der Waals surface area contributed by atoms with E-state index in [4.69, 9.17) is 5.73 Å². The first-order valence-corrected chi connectivity index (χ1v) is 5.89. The van der Waals surface area contributed by atoms with Crippen LogP contribution in [0.4, 0.5) is 0 Å². The van der Waals surface area contributed by atoms with Gasteiger partial charge in [0.25, 0.3) is 0 Å². The van der Waals surface area contributed by atoms with Gasteiger partial charge in [0.2, 0.25) is 0 Å². The first-order chi connectivity index (χ1) is 8.09. The summed E-state index contributed by atoms with van der Waals surface area (Å²) in [5, 5.41) is 4.42. The Labute approximate surface area is 102 Å². The third kappa shape index (κ3) is 2.39. The molecule has 0 aliphatic rings. The molecule has 0 fully saturated rings. The van der Waals surface area contributed by atoms with Gasteiger partial charge in [-0.3, -0.25) is 4.68 Å². The Morgan fingerprint density at radius 3 is 2.41 bits per heavy atom. The van der Waals surface area contributed by atoms with Crippen LogP contribution in [0.1, 0.15) is 28.6 Å². The molecule has 1 atom stereocenters. The maximum atomic E-state index is 6.24. The summed E-state index contributed by atoms with van der Waals surface area (Å²) in [4.78, 5) is 0. The number of aromatic nitrogens is 2. The second-order valence-electron chi connectivity index (χ2n) is 4.49. The molecule has 1 aromatic heterocycles. The van der Waals surface area contributed by atoms with Crippen LogP contribution in [0.3, 0.4) is 0 Å². The van der Waals surface area contributed by atoms with Crippen LogP contribution in [0.25, 0.3) is 0 Å². The highest BCUT2D eigenvalue weighted by molar-refractivity contribution is 5.28. The summed E-state index contributed by atoms with van der Waals surface area (Å²) in [6, 6.07) is 10.3. The Morgan fingerprint density at radius 2 is 1.88 bits per heavy atom. The molecule has 1 aromatic carbocycles. The van der Waals surface area contributed by atoms with E-state index < -0.39 is 0 Å². The summed E-state index contributed by atoms with van der Waals surface area (Å²) in [6.07, 6.45) is 0.843. The molecule has 0 aliphatic heterocycles. The van der Waals surface area contributed by atoms with Crippen molar-refractivity contribution < 1.29 is 0 Å². The van der Waals surface area contributed by atoms with E-state index in [1.807, 2.05) is 36.9 Å². The van der Waals surface area contributed by atoms with Gasteiger partial charge in [0.1, 0.15) is 0 Å². The van der Waals surface area contributed by atoms with Gasteiger partial charge >= 0.3 is 0 Å². The molecule has 0 bridgehead atoms. The molecule has 2 N–H and O–H groups in total. The predicted octanol–water partition coefficient (Wildman–Crippen LogP) is 2.28. The van der Waals surface area contributed by atoms with Crippen LogP contribution in [0, 0.1) is 13.8 Å². The van der Waals surface area contributed by atoms with Crippen LogP contribution in [-0.4, -0.2) is 9.78 Å². The van der Waals surface area contributed by atoms with Crippen molar-refractivity contribution in [3.8, 4) is 0 Å². The van der Waals surface area contributed by atoms with Crippen LogP contribution in [0.2, 0.25) is 0 Å². The maximum Gasteiger partial charge on any atom is 0.0629 e. The fourth-order valence-electron chi connectivity index (χ4n) is 2.15. The van der Waals surface area contributed by atoms with E-state index in [-0.39, 0.29) is 6.04 Å². The molecular weight excluding hydrogens is 210 g/mol. The van der Waals surface area contributed by atoms with E-state index in [2.05, 4.69) is 24.2 Å². The standard InChI is InChI=1S/C14H19N3/c1-10-13(11(2)17(3)16-10)9-14(15)12-7-5-4-6-8-12/h4-8,14H,9,15H2,1-3H3. The number of benzene rings is 1. The van der Waals surface area contributed by atoms with Crippen molar-refractivity contribution in [3.05, 3.63) is 52.8 Å². The summed E-state index contributed by atoms with van der Waals surface area (Å²) in [5.74, 6) is 0. The van der Waals surface area contributed by atoms with Crippen LogP contribution in [0.15, 0.2) is 30.3 Å². The first kappa shape index (κ1) is 11.9. The highest BCUT2D eigenvalue weighted by Crippen LogP contribution is 2.20. The number of aryl methyl sites for hydroxylation is 2. The van der Waals surface area contributed by atoms with Gasteiger partial charge in [0, 0.05) is 18.8 Å². The third-order valence-electron chi connectivity index (χ3n) is 3.31. The Hall–Kier alpha value is -1.61. The van der Waals surface area contributed by atoms with Gasteiger partial charge in [-0.15, -0.1) is 0 Å². The molecule has 0 aliphatic carbocycles. The van der Waals surface area contributed by atoms with Crippen molar-refractivity contribution in [2.24, 2.45) is 12.8 Å². The average molecular weight is 229 g/mol. The Kier molecular flexibility index (Phi) is 3.29. The van der Waals surface area contributed by atoms with E-state index in [0.29, 0.717) is 0 Å². The number of hydrogen-bond acceptors (Lipinski definition) is 2. The SMILES string of the molecule is Cc1nn(C)c(C)c1CC(N)c1ccccc1. The molecule has 3 nitrogen and oxygen atoms in total. The molecular formula is C14H19N3. The van der Waals surface area contributed by atoms with Crippen molar-refractivity contribution in [2.75, 3.05) is 0 Å². The van der Waals surface area contributed by atoms with Crippen molar-refractivity contribution in [2.45, 2.75) is 26.3 Å². The highest BCUT2D eigenvalue weighted by Gasteiger charge is 2.14. The summed E-state index contributed by atoms with van der Waals surface area (Å²) < 4.78 is 1.92.